The Bertz CT molecular complexity index is 179. The zero-order valence-electron chi connectivity index (χ0n) is 9.55. The molecule has 0 aromatic heterocycles. The van der Waals surface area contributed by atoms with E-state index in [4.69, 9.17) is 4.74 Å². The predicted octanol–water partition coefficient (Wildman–Crippen LogP) is 0.529. The number of carbonyl (C=O) groups is 1. The van der Waals surface area contributed by atoms with Crippen molar-refractivity contribution in [3.05, 3.63) is 0 Å². The Labute approximate surface area is 91.8 Å². The number of methoxy groups -OCH3 is 1. The Morgan fingerprint density at radius 3 is 2.87 bits per heavy atom. The molecular weight excluding hydrogens is 192 g/mol. The van der Waals surface area contributed by atoms with Gasteiger partial charge in [-0.3, -0.25) is 4.79 Å². The largest absolute Gasteiger partial charge is 0.383 e. The number of nitrogens with one attached hydrogen (secondary N) is 2. The van der Waals surface area contributed by atoms with E-state index in [1.165, 1.54) is 12.8 Å². The number of ether oxygens (including phenoxy) is 1. The van der Waals surface area contributed by atoms with Crippen molar-refractivity contribution in [3.8, 4) is 0 Å². The maximum absolute atomic E-state index is 11.4. The summed E-state index contributed by atoms with van der Waals surface area (Å²) in [4.78, 5) is 11.4. The Morgan fingerprint density at radius 2 is 2.20 bits per heavy atom. The van der Waals surface area contributed by atoms with Crippen molar-refractivity contribution in [2.24, 2.45) is 5.92 Å². The minimum absolute atomic E-state index is 0.158. The number of amides is 1. The molecule has 1 saturated heterocycles. The third kappa shape index (κ3) is 5.74. The smallest absolute Gasteiger partial charge is 0.220 e. The molecular formula is C11H22N2O2. The van der Waals surface area contributed by atoms with Gasteiger partial charge in [0.1, 0.15) is 0 Å². The minimum atomic E-state index is 0.158. The van der Waals surface area contributed by atoms with E-state index in [1.54, 1.807) is 7.11 Å². The first-order valence-corrected chi connectivity index (χ1v) is 5.79. The van der Waals surface area contributed by atoms with Crippen LogP contribution in [0, 0.1) is 5.92 Å². The lowest BCUT2D eigenvalue weighted by Crippen LogP contribution is -2.30. The summed E-state index contributed by atoms with van der Waals surface area (Å²) in [7, 11) is 1.64. The molecule has 0 bridgehead atoms. The minimum Gasteiger partial charge on any atom is -0.383 e. The van der Waals surface area contributed by atoms with Gasteiger partial charge in [0.25, 0.3) is 0 Å². The summed E-state index contributed by atoms with van der Waals surface area (Å²) in [6, 6.07) is 0. The SMILES string of the molecule is COCCNC(=O)CCC1CCNCC1. The molecule has 15 heavy (non-hydrogen) atoms. The summed E-state index contributed by atoms with van der Waals surface area (Å²) >= 11 is 0. The van der Waals surface area contributed by atoms with E-state index in [9.17, 15) is 4.79 Å². The standard InChI is InChI=1S/C11H22N2O2/c1-15-9-8-13-11(14)3-2-10-4-6-12-7-5-10/h10,12H,2-9H2,1H3,(H,13,14). The number of piperidine rings is 1. The molecule has 1 amide bonds. The summed E-state index contributed by atoms with van der Waals surface area (Å²) in [6.45, 7) is 3.44. The Morgan fingerprint density at radius 1 is 1.47 bits per heavy atom. The third-order valence-corrected chi connectivity index (χ3v) is 2.87. The highest BCUT2D eigenvalue weighted by atomic mass is 16.5. The second-order valence-electron chi connectivity index (χ2n) is 4.07. The lowest BCUT2D eigenvalue weighted by Gasteiger charge is -2.22. The molecule has 1 aliphatic heterocycles. The molecule has 0 saturated carbocycles. The van der Waals surface area contributed by atoms with Gasteiger partial charge < -0.3 is 15.4 Å². The molecule has 0 aromatic rings. The highest BCUT2D eigenvalue weighted by Gasteiger charge is 2.13. The van der Waals surface area contributed by atoms with Gasteiger partial charge in [0.15, 0.2) is 0 Å². The lowest BCUT2D eigenvalue weighted by atomic mass is 9.93. The molecule has 0 atom stereocenters. The molecule has 1 fully saturated rings. The maximum atomic E-state index is 11.4. The molecule has 0 radical (unpaired) electrons. The van der Waals surface area contributed by atoms with Crippen LogP contribution in [-0.2, 0) is 9.53 Å². The first kappa shape index (κ1) is 12.5. The van der Waals surface area contributed by atoms with Crippen molar-refractivity contribution >= 4 is 5.91 Å². The first-order chi connectivity index (χ1) is 7.33. The van der Waals surface area contributed by atoms with Gasteiger partial charge in [0.2, 0.25) is 5.91 Å². The van der Waals surface area contributed by atoms with Crippen LogP contribution in [0.4, 0.5) is 0 Å². The molecule has 4 heteroatoms. The molecule has 0 aromatic carbocycles. The van der Waals surface area contributed by atoms with Crippen LogP contribution in [0.1, 0.15) is 25.7 Å². The molecule has 88 valence electrons. The van der Waals surface area contributed by atoms with Crippen molar-refractivity contribution in [3.63, 3.8) is 0 Å². The second-order valence-corrected chi connectivity index (χ2v) is 4.07. The van der Waals surface area contributed by atoms with Crippen molar-refractivity contribution in [2.75, 3.05) is 33.4 Å². The summed E-state index contributed by atoms with van der Waals surface area (Å²) in [5.41, 5.74) is 0. The molecule has 1 heterocycles. The normalized spacial score (nSPS) is 17.7. The summed E-state index contributed by atoms with van der Waals surface area (Å²) in [5.74, 6) is 0.894. The highest BCUT2D eigenvalue weighted by Crippen LogP contribution is 2.17. The second kappa shape index (κ2) is 7.65. The summed E-state index contributed by atoms with van der Waals surface area (Å²) in [6.07, 6.45) is 4.12. The van der Waals surface area contributed by atoms with Crippen LogP contribution in [0.5, 0.6) is 0 Å². The summed E-state index contributed by atoms with van der Waals surface area (Å²) in [5, 5.41) is 6.17. The van der Waals surface area contributed by atoms with Crippen LogP contribution < -0.4 is 10.6 Å². The van der Waals surface area contributed by atoms with Gasteiger partial charge in [0, 0.05) is 20.1 Å². The topological polar surface area (TPSA) is 50.4 Å². The molecule has 1 aliphatic rings. The fourth-order valence-electron chi connectivity index (χ4n) is 1.89. The van der Waals surface area contributed by atoms with Crippen LogP contribution >= 0.6 is 0 Å². The van der Waals surface area contributed by atoms with Crippen LogP contribution in [0.25, 0.3) is 0 Å². The maximum Gasteiger partial charge on any atom is 0.220 e. The van der Waals surface area contributed by atoms with Crippen LogP contribution in [0.3, 0.4) is 0 Å². The van der Waals surface area contributed by atoms with E-state index < -0.39 is 0 Å². The molecule has 2 N–H and O–H groups in total. The number of hydrogen-bond acceptors (Lipinski definition) is 3. The third-order valence-electron chi connectivity index (χ3n) is 2.87. The van der Waals surface area contributed by atoms with E-state index >= 15 is 0 Å². The quantitative estimate of drug-likeness (QED) is 0.634. The monoisotopic (exact) mass is 214 g/mol. The fraction of sp³-hybridized carbons (Fsp3) is 0.909. The van der Waals surface area contributed by atoms with E-state index in [1.807, 2.05) is 0 Å². The zero-order chi connectivity index (χ0) is 10.9. The predicted molar refractivity (Wildman–Crippen MR) is 59.7 cm³/mol. The van der Waals surface area contributed by atoms with Gasteiger partial charge in [0.05, 0.1) is 6.61 Å². The van der Waals surface area contributed by atoms with Crippen molar-refractivity contribution in [1.82, 2.24) is 10.6 Å². The average Bonchev–Trinajstić information content (AvgIpc) is 2.28. The van der Waals surface area contributed by atoms with Crippen LogP contribution in [-0.4, -0.2) is 39.3 Å². The van der Waals surface area contributed by atoms with E-state index in [0.29, 0.717) is 19.6 Å². The average molecular weight is 214 g/mol. The van der Waals surface area contributed by atoms with Gasteiger partial charge in [-0.1, -0.05) is 0 Å². The van der Waals surface area contributed by atoms with Crippen molar-refractivity contribution in [1.29, 1.82) is 0 Å². The first-order valence-electron chi connectivity index (χ1n) is 5.79. The van der Waals surface area contributed by atoms with Gasteiger partial charge in [-0.25, -0.2) is 0 Å². The van der Waals surface area contributed by atoms with Crippen LogP contribution in [0.2, 0.25) is 0 Å². The van der Waals surface area contributed by atoms with E-state index in [2.05, 4.69) is 10.6 Å². The van der Waals surface area contributed by atoms with Crippen molar-refractivity contribution < 1.29 is 9.53 Å². The molecule has 0 spiro atoms. The van der Waals surface area contributed by atoms with Crippen molar-refractivity contribution in [2.45, 2.75) is 25.7 Å². The fourth-order valence-corrected chi connectivity index (χ4v) is 1.89. The Kier molecular flexibility index (Phi) is 6.36. The van der Waals surface area contributed by atoms with Gasteiger partial charge >= 0.3 is 0 Å². The number of rotatable bonds is 6. The molecule has 4 nitrogen and oxygen atoms in total. The molecule has 0 unspecified atom stereocenters. The van der Waals surface area contributed by atoms with Gasteiger partial charge in [-0.15, -0.1) is 0 Å². The lowest BCUT2D eigenvalue weighted by molar-refractivity contribution is -0.121. The summed E-state index contributed by atoms with van der Waals surface area (Å²) < 4.78 is 4.86. The van der Waals surface area contributed by atoms with Gasteiger partial charge in [-0.05, 0) is 38.3 Å². The van der Waals surface area contributed by atoms with E-state index in [0.717, 1.165) is 25.4 Å². The number of carbonyl (C=O) groups excluding carboxylic acids is 1. The van der Waals surface area contributed by atoms with Crippen LogP contribution in [0.15, 0.2) is 0 Å². The number of hydrogen-bond donors (Lipinski definition) is 2. The Balaban J connectivity index is 2.00. The molecule has 0 aliphatic carbocycles. The Hall–Kier alpha value is -0.610. The van der Waals surface area contributed by atoms with E-state index in [-0.39, 0.29) is 5.91 Å². The van der Waals surface area contributed by atoms with Gasteiger partial charge in [-0.2, -0.15) is 0 Å². The molecule has 1 rings (SSSR count). The zero-order valence-corrected chi connectivity index (χ0v) is 9.55. The highest BCUT2D eigenvalue weighted by molar-refractivity contribution is 5.75.